The minimum atomic E-state index is -0.772. The molecule has 0 aromatic heterocycles. The van der Waals surface area contributed by atoms with Crippen LogP contribution < -0.4 is 5.32 Å². The van der Waals surface area contributed by atoms with E-state index in [0.717, 1.165) is 0 Å². The molecule has 0 saturated heterocycles. The molecule has 1 fully saturated rings. The predicted molar refractivity (Wildman–Crippen MR) is 70.1 cm³/mol. The Morgan fingerprint density at radius 3 is 2.11 bits per heavy atom. The van der Waals surface area contributed by atoms with Crippen molar-refractivity contribution in [3.8, 4) is 0 Å². The molecular weight excluding hydrogens is 230 g/mol. The first kappa shape index (κ1) is 15.0. The summed E-state index contributed by atoms with van der Waals surface area (Å²) in [6.07, 6.45) is 1.32. The number of carbonyl (C=O) groups is 2. The number of nitrogens with one attached hydrogen (secondary N) is 1. The van der Waals surface area contributed by atoms with E-state index in [0.29, 0.717) is 19.4 Å². The second-order valence-corrected chi connectivity index (χ2v) is 6.55. The third kappa shape index (κ3) is 2.68. The van der Waals surface area contributed by atoms with E-state index in [2.05, 4.69) is 33.0 Å². The van der Waals surface area contributed by atoms with E-state index < -0.39 is 5.97 Å². The second kappa shape index (κ2) is 4.90. The summed E-state index contributed by atoms with van der Waals surface area (Å²) in [5, 5.41) is 11.7. The van der Waals surface area contributed by atoms with Gasteiger partial charge in [0.1, 0.15) is 0 Å². The maximum absolute atomic E-state index is 12.0. The molecule has 1 aliphatic carbocycles. The smallest absolute Gasteiger partial charge is 0.306 e. The van der Waals surface area contributed by atoms with Crippen molar-refractivity contribution < 1.29 is 14.7 Å². The maximum Gasteiger partial charge on any atom is 0.306 e. The first-order valence-electron chi connectivity index (χ1n) is 6.63. The highest BCUT2D eigenvalue weighted by Crippen LogP contribution is 2.68. The Hall–Kier alpha value is -1.06. The van der Waals surface area contributed by atoms with Crippen LogP contribution in [0.25, 0.3) is 0 Å². The summed E-state index contributed by atoms with van der Waals surface area (Å²) >= 11 is 0. The van der Waals surface area contributed by atoms with Crippen LogP contribution in [-0.2, 0) is 9.59 Å². The second-order valence-electron chi connectivity index (χ2n) is 6.55. The van der Waals surface area contributed by atoms with E-state index in [4.69, 9.17) is 5.11 Å². The van der Waals surface area contributed by atoms with Crippen LogP contribution in [-0.4, -0.2) is 23.5 Å². The van der Waals surface area contributed by atoms with Crippen molar-refractivity contribution in [2.24, 2.45) is 22.7 Å². The normalized spacial score (nSPS) is 22.3. The van der Waals surface area contributed by atoms with Crippen molar-refractivity contribution >= 4 is 11.9 Å². The van der Waals surface area contributed by atoms with Crippen LogP contribution in [0.5, 0.6) is 0 Å². The molecular formula is C14H25NO3. The number of hydrogen-bond acceptors (Lipinski definition) is 2. The molecule has 4 nitrogen and oxygen atoms in total. The van der Waals surface area contributed by atoms with Crippen LogP contribution in [0.2, 0.25) is 0 Å². The van der Waals surface area contributed by atoms with Crippen molar-refractivity contribution in [2.75, 3.05) is 6.54 Å². The van der Waals surface area contributed by atoms with Crippen LogP contribution in [0.3, 0.4) is 0 Å². The van der Waals surface area contributed by atoms with Gasteiger partial charge in [-0.2, -0.15) is 0 Å². The fourth-order valence-electron chi connectivity index (χ4n) is 2.70. The van der Waals surface area contributed by atoms with Gasteiger partial charge in [-0.3, -0.25) is 9.59 Å². The number of aliphatic carboxylic acids is 1. The lowest BCUT2D eigenvalue weighted by molar-refractivity contribution is -0.141. The fourth-order valence-corrected chi connectivity index (χ4v) is 2.70. The number of rotatable bonds is 6. The fraction of sp³-hybridized carbons (Fsp3) is 0.857. The van der Waals surface area contributed by atoms with Crippen LogP contribution in [0, 0.1) is 22.7 Å². The molecule has 1 rings (SSSR count). The summed E-state index contributed by atoms with van der Waals surface area (Å²) in [5.41, 5.74) is 0.122. The van der Waals surface area contributed by atoms with E-state index in [1.165, 1.54) is 0 Å². The number of carboxylic acid groups (broad SMARTS) is 1. The number of hydrogen-bond donors (Lipinski definition) is 2. The largest absolute Gasteiger partial charge is 0.481 e. The molecule has 4 heteroatoms. The van der Waals surface area contributed by atoms with Gasteiger partial charge in [0.2, 0.25) is 5.91 Å². The third-order valence-corrected chi connectivity index (χ3v) is 4.82. The minimum absolute atomic E-state index is 0.0610. The van der Waals surface area contributed by atoms with Gasteiger partial charge < -0.3 is 10.4 Å². The summed E-state index contributed by atoms with van der Waals surface area (Å²) in [7, 11) is 0. The zero-order chi connectivity index (χ0) is 14.1. The van der Waals surface area contributed by atoms with Gasteiger partial charge in [-0.25, -0.2) is 0 Å². The Labute approximate surface area is 109 Å². The Morgan fingerprint density at radius 1 is 1.22 bits per heavy atom. The van der Waals surface area contributed by atoms with Crippen molar-refractivity contribution in [1.29, 1.82) is 0 Å². The van der Waals surface area contributed by atoms with Gasteiger partial charge in [-0.05, 0) is 23.7 Å². The lowest BCUT2D eigenvalue weighted by atomic mass is 10.0. The molecule has 1 unspecified atom stereocenters. The summed E-state index contributed by atoms with van der Waals surface area (Å²) in [6, 6.07) is 0. The van der Waals surface area contributed by atoms with Crippen molar-refractivity contribution in [3.05, 3.63) is 0 Å². The van der Waals surface area contributed by atoms with E-state index in [1.807, 2.05) is 0 Å². The Morgan fingerprint density at radius 2 is 1.72 bits per heavy atom. The standard InChI is InChI=1S/C14H25NO3/c1-9(12(17)18)7-6-8-15-11(16)10-13(2,3)14(10,4)5/h9-10H,6-8H2,1-5H3,(H,15,16)(H,17,18). The van der Waals surface area contributed by atoms with E-state index in [1.54, 1.807) is 6.92 Å². The summed E-state index contributed by atoms with van der Waals surface area (Å²) in [6.45, 7) is 10.7. The SMILES string of the molecule is CC(CCCNC(=O)C1C(C)(C)C1(C)C)C(=O)O. The van der Waals surface area contributed by atoms with Crippen molar-refractivity contribution in [2.45, 2.75) is 47.5 Å². The third-order valence-electron chi connectivity index (χ3n) is 4.82. The first-order chi connectivity index (χ1) is 8.12. The van der Waals surface area contributed by atoms with Gasteiger partial charge in [0.15, 0.2) is 0 Å². The average molecular weight is 255 g/mol. The molecule has 0 bridgehead atoms. The molecule has 1 amide bonds. The minimum Gasteiger partial charge on any atom is -0.481 e. The van der Waals surface area contributed by atoms with Crippen molar-refractivity contribution in [3.63, 3.8) is 0 Å². The van der Waals surface area contributed by atoms with Crippen LogP contribution in [0.4, 0.5) is 0 Å². The molecule has 1 atom stereocenters. The highest BCUT2D eigenvalue weighted by molar-refractivity contribution is 5.84. The van der Waals surface area contributed by atoms with Crippen molar-refractivity contribution in [1.82, 2.24) is 5.32 Å². The summed E-state index contributed by atoms with van der Waals surface area (Å²) in [5.74, 6) is -0.934. The molecule has 0 aromatic carbocycles. The lowest BCUT2D eigenvalue weighted by Crippen LogP contribution is -2.28. The van der Waals surface area contributed by atoms with E-state index in [-0.39, 0.29) is 28.6 Å². The van der Waals surface area contributed by atoms with Gasteiger partial charge in [0.25, 0.3) is 0 Å². The quantitative estimate of drug-likeness (QED) is 0.716. The molecule has 2 N–H and O–H groups in total. The molecule has 0 heterocycles. The molecule has 18 heavy (non-hydrogen) atoms. The Balaban J connectivity index is 2.26. The molecule has 0 spiro atoms. The van der Waals surface area contributed by atoms with Gasteiger partial charge in [-0.15, -0.1) is 0 Å². The topological polar surface area (TPSA) is 66.4 Å². The van der Waals surface area contributed by atoms with Gasteiger partial charge in [0, 0.05) is 12.5 Å². The van der Waals surface area contributed by atoms with Crippen LogP contribution >= 0.6 is 0 Å². The molecule has 1 saturated carbocycles. The van der Waals surface area contributed by atoms with E-state index in [9.17, 15) is 9.59 Å². The maximum atomic E-state index is 12.0. The average Bonchev–Trinajstić information content (AvgIpc) is 2.63. The highest BCUT2D eigenvalue weighted by atomic mass is 16.4. The van der Waals surface area contributed by atoms with Gasteiger partial charge in [0.05, 0.1) is 5.92 Å². The number of amides is 1. The van der Waals surface area contributed by atoms with E-state index >= 15 is 0 Å². The lowest BCUT2D eigenvalue weighted by Gasteiger charge is -2.08. The highest BCUT2D eigenvalue weighted by Gasteiger charge is 2.68. The molecule has 0 aliphatic heterocycles. The van der Waals surface area contributed by atoms with Crippen LogP contribution in [0.1, 0.15) is 47.5 Å². The first-order valence-corrected chi connectivity index (χ1v) is 6.63. The predicted octanol–water partition coefficient (Wildman–Crippen LogP) is 2.29. The van der Waals surface area contributed by atoms with Gasteiger partial charge >= 0.3 is 5.97 Å². The number of carbonyl (C=O) groups excluding carboxylic acids is 1. The zero-order valence-corrected chi connectivity index (χ0v) is 12.0. The van der Waals surface area contributed by atoms with Gasteiger partial charge in [-0.1, -0.05) is 34.6 Å². The Kier molecular flexibility index (Phi) is 4.08. The monoisotopic (exact) mass is 255 g/mol. The molecule has 0 aromatic rings. The molecule has 0 radical (unpaired) electrons. The summed E-state index contributed by atoms with van der Waals surface area (Å²) in [4.78, 5) is 22.6. The van der Waals surface area contributed by atoms with Crippen LogP contribution in [0.15, 0.2) is 0 Å². The molecule has 1 aliphatic rings. The summed E-state index contributed by atoms with van der Waals surface area (Å²) < 4.78 is 0. The molecule has 104 valence electrons. The zero-order valence-electron chi connectivity index (χ0n) is 12.0. The Bertz CT molecular complexity index is 333. The number of carboxylic acids is 1.